The van der Waals surface area contributed by atoms with Crippen LogP contribution in [0.15, 0.2) is 41.3 Å². The number of phenolic OH excluding ortho intramolecular Hbond substituents is 1. The van der Waals surface area contributed by atoms with Crippen molar-refractivity contribution in [2.45, 2.75) is 24.8 Å². The van der Waals surface area contributed by atoms with Gasteiger partial charge < -0.3 is 15.2 Å². The van der Waals surface area contributed by atoms with Crippen LogP contribution in [0.3, 0.4) is 0 Å². The minimum Gasteiger partial charge on any atom is -0.504 e. The Labute approximate surface area is 172 Å². The highest BCUT2D eigenvalue weighted by molar-refractivity contribution is 14.1. The van der Waals surface area contributed by atoms with Gasteiger partial charge in [-0.05, 0) is 64.4 Å². The lowest BCUT2D eigenvalue weighted by atomic mass is 10.1. The van der Waals surface area contributed by atoms with Crippen LogP contribution in [0.5, 0.6) is 11.5 Å². The molecule has 0 saturated carbocycles. The number of nitrogens with one attached hydrogen (secondary N) is 2. The summed E-state index contributed by atoms with van der Waals surface area (Å²) in [6.07, 6.45) is 0.624. The normalized spacial score (nSPS) is 11.2. The summed E-state index contributed by atoms with van der Waals surface area (Å²) in [6, 6.07) is 9.65. The van der Waals surface area contributed by atoms with Gasteiger partial charge >= 0.3 is 0 Å². The molecule has 0 radical (unpaired) electrons. The van der Waals surface area contributed by atoms with Crippen LogP contribution in [0.25, 0.3) is 0 Å². The fourth-order valence-electron chi connectivity index (χ4n) is 2.36. The summed E-state index contributed by atoms with van der Waals surface area (Å²) in [4.78, 5) is 11.0. The molecule has 27 heavy (non-hydrogen) atoms. The third-order valence-electron chi connectivity index (χ3n) is 3.82. The predicted molar refractivity (Wildman–Crippen MR) is 110 cm³/mol. The van der Waals surface area contributed by atoms with Gasteiger partial charge in [-0.1, -0.05) is 12.1 Å². The van der Waals surface area contributed by atoms with Crippen molar-refractivity contribution in [3.63, 3.8) is 0 Å². The van der Waals surface area contributed by atoms with Gasteiger partial charge in [0.15, 0.2) is 11.5 Å². The SMILES string of the molecule is COc1cc(CNS(=O)(=O)c2ccc(CCNC(C)=O)cc2)c(I)cc1O. The quantitative estimate of drug-likeness (QED) is 0.478. The second-order valence-corrected chi connectivity index (χ2v) is 8.75. The largest absolute Gasteiger partial charge is 0.504 e. The first kappa shape index (κ1) is 21.5. The van der Waals surface area contributed by atoms with Gasteiger partial charge in [-0.2, -0.15) is 0 Å². The summed E-state index contributed by atoms with van der Waals surface area (Å²) >= 11 is 2.03. The molecule has 2 aromatic carbocycles. The molecule has 0 aromatic heterocycles. The van der Waals surface area contributed by atoms with Crippen LogP contribution in [0.2, 0.25) is 0 Å². The second-order valence-electron chi connectivity index (χ2n) is 5.82. The van der Waals surface area contributed by atoms with Crippen molar-refractivity contribution < 1.29 is 23.1 Å². The molecule has 0 aliphatic heterocycles. The molecule has 0 aliphatic carbocycles. The maximum Gasteiger partial charge on any atom is 0.240 e. The standard InChI is InChI=1S/C18H21IN2O5S/c1-12(22)20-8-7-13-3-5-15(6-4-13)27(24,25)21-11-14-9-18(26-2)17(23)10-16(14)19/h3-6,9-10,21,23H,7-8,11H2,1-2H3,(H,20,22). The predicted octanol–water partition coefficient (Wildman–Crippen LogP) is 2.16. The Morgan fingerprint density at radius 3 is 2.48 bits per heavy atom. The van der Waals surface area contributed by atoms with Crippen molar-refractivity contribution in [1.82, 2.24) is 10.0 Å². The molecule has 0 aliphatic rings. The molecule has 0 fully saturated rings. The van der Waals surface area contributed by atoms with Crippen molar-refractivity contribution in [3.8, 4) is 11.5 Å². The average Bonchev–Trinajstić information content (AvgIpc) is 2.61. The second kappa shape index (κ2) is 9.38. The Kier molecular flexibility index (Phi) is 7.45. The number of aromatic hydroxyl groups is 1. The van der Waals surface area contributed by atoms with Crippen molar-refractivity contribution >= 4 is 38.5 Å². The van der Waals surface area contributed by atoms with E-state index in [0.717, 1.165) is 9.13 Å². The molecule has 2 aromatic rings. The maximum atomic E-state index is 12.5. The highest BCUT2D eigenvalue weighted by Gasteiger charge is 2.15. The average molecular weight is 504 g/mol. The first-order valence-electron chi connectivity index (χ1n) is 8.11. The third kappa shape index (κ3) is 6.08. The monoisotopic (exact) mass is 504 g/mol. The van der Waals surface area contributed by atoms with Gasteiger partial charge in [-0.25, -0.2) is 13.1 Å². The van der Waals surface area contributed by atoms with E-state index >= 15 is 0 Å². The lowest BCUT2D eigenvalue weighted by molar-refractivity contribution is -0.118. The number of rotatable bonds is 8. The Morgan fingerprint density at radius 2 is 1.89 bits per heavy atom. The third-order valence-corrected chi connectivity index (χ3v) is 6.24. The van der Waals surface area contributed by atoms with E-state index in [9.17, 15) is 18.3 Å². The number of phenols is 1. The molecule has 1 amide bonds. The number of carbonyl (C=O) groups is 1. The zero-order valence-corrected chi connectivity index (χ0v) is 17.9. The summed E-state index contributed by atoms with van der Waals surface area (Å²) < 4.78 is 33.3. The lowest BCUT2D eigenvalue weighted by Crippen LogP contribution is -2.24. The van der Waals surface area contributed by atoms with E-state index in [1.54, 1.807) is 18.2 Å². The molecule has 0 bridgehead atoms. The van der Waals surface area contributed by atoms with Crippen LogP contribution in [0.4, 0.5) is 0 Å². The molecule has 2 rings (SSSR count). The van der Waals surface area contributed by atoms with E-state index in [4.69, 9.17) is 4.74 Å². The van der Waals surface area contributed by atoms with Crippen molar-refractivity contribution in [3.05, 3.63) is 51.1 Å². The number of methoxy groups -OCH3 is 1. The number of sulfonamides is 1. The molecule has 0 unspecified atom stereocenters. The molecule has 3 N–H and O–H groups in total. The fourth-order valence-corrected chi connectivity index (χ4v) is 4.01. The summed E-state index contributed by atoms with van der Waals surface area (Å²) in [5.74, 6) is 0.190. The van der Waals surface area contributed by atoms with E-state index in [1.165, 1.54) is 32.2 Å². The maximum absolute atomic E-state index is 12.5. The highest BCUT2D eigenvalue weighted by Crippen LogP contribution is 2.30. The molecule has 146 valence electrons. The van der Waals surface area contributed by atoms with Crippen molar-refractivity contribution in [1.29, 1.82) is 0 Å². The first-order chi connectivity index (χ1) is 12.7. The summed E-state index contributed by atoms with van der Waals surface area (Å²) in [5.41, 5.74) is 1.63. The molecular formula is C18H21IN2O5S. The first-order valence-corrected chi connectivity index (χ1v) is 10.7. The number of carbonyl (C=O) groups excluding carboxylic acids is 1. The van der Waals surface area contributed by atoms with Gasteiger partial charge in [0.2, 0.25) is 15.9 Å². The Hall–Kier alpha value is -1.85. The van der Waals surface area contributed by atoms with Crippen LogP contribution in [-0.2, 0) is 27.8 Å². The van der Waals surface area contributed by atoms with Crippen molar-refractivity contribution in [2.24, 2.45) is 0 Å². The fraction of sp³-hybridized carbons (Fsp3) is 0.278. The molecule has 0 heterocycles. The van der Waals surface area contributed by atoms with Crippen LogP contribution in [0.1, 0.15) is 18.1 Å². The van der Waals surface area contributed by atoms with Gasteiger partial charge in [0.1, 0.15) is 0 Å². The van der Waals surface area contributed by atoms with E-state index in [0.29, 0.717) is 18.5 Å². The summed E-state index contributed by atoms with van der Waals surface area (Å²) in [6.45, 7) is 2.02. The van der Waals surface area contributed by atoms with E-state index in [1.807, 2.05) is 22.6 Å². The molecule has 0 saturated heterocycles. The Morgan fingerprint density at radius 1 is 1.22 bits per heavy atom. The number of halogens is 1. The Balaban J connectivity index is 2.05. The van der Waals surface area contributed by atoms with Gasteiger partial charge in [0, 0.05) is 23.6 Å². The van der Waals surface area contributed by atoms with E-state index in [-0.39, 0.29) is 28.8 Å². The minimum atomic E-state index is -3.68. The van der Waals surface area contributed by atoms with E-state index < -0.39 is 10.0 Å². The van der Waals surface area contributed by atoms with Gasteiger partial charge in [0.05, 0.1) is 12.0 Å². The number of benzene rings is 2. The van der Waals surface area contributed by atoms with Crippen LogP contribution >= 0.6 is 22.6 Å². The molecule has 7 nitrogen and oxygen atoms in total. The molecular weight excluding hydrogens is 483 g/mol. The minimum absolute atomic E-state index is 0.00311. The van der Waals surface area contributed by atoms with Crippen LogP contribution < -0.4 is 14.8 Å². The molecule has 0 atom stereocenters. The van der Waals surface area contributed by atoms with Gasteiger partial charge in [0.25, 0.3) is 0 Å². The molecule has 0 spiro atoms. The highest BCUT2D eigenvalue weighted by atomic mass is 127. The summed E-state index contributed by atoms with van der Waals surface area (Å²) in [7, 11) is -2.25. The number of ether oxygens (including phenoxy) is 1. The zero-order valence-electron chi connectivity index (χ0n) is 15.0. The van der Waals surface area contributed by atoms with Crippen molar-refractivity contribution in [2.75, 3.05) is 13.7 Å². The number of amides is 1. The molecule has 9 heteroatoms. The zero-order chi connectivity index (χ0) is 20.0. The number of hydrogen-bond acceptors (Lipinski definition) is 5. The van der Waals surface area contributed by atoms with Crippen LogP contribution in [0, 0.1) is 3.57 Å². The summed E-state index contributed by atoms with van der Waals surface area (Å²) in [5, 5.41) is 12.4. The lowest BCUT2D eigenvalue weighted by Gasteiger charge is -2.11. The number of hydrogen-bond donors (Lipinski definition) is 3. The van der Waals surface area contributed by atoms with Gasteiger partial charge in [-0.3, -0.25) is 4.79 Å². The van der Waals surface area contributed by atoms with Gasteiger partial charge in [-0.15, -0.1) is 0 Å². The van der Waals surface area contributed by atoms with E-state index in [2.05, 4.69) is 10.0 Å². The van der Waals surface area contributed by atoms with Crippen LogP contribution in [-0.4, -0.2) is 33.1 Å². The Bertz CT molecular complexity index is 914. The topological polar surface area (TPSA) is 105 Å². The smallest absolute Gasteiger partial charge is 0.240 e.